The first-order chi connectivity index (χ1) is 9.99. The Kier molecular flexibility index (Phi) is 4.67. The van der Waals surface area contributed by atoms with Crippen molar-refractivity contribution in [1.29, 1.82) is 5.26 Å². The summed E-state index contributed by atoms with van der Waals surface area (Å²) in [6.45, 7) is 2.88. The van der Waals surface area contributed by atoms with Gasteiger partial charge >= 0.3 is 0 Å². The molecule has 1 N–H and O–H groups in total. The van der Waals surface area contributed by atoms with Crippen LogP contribution >= 0.6 is 0 Å². The van der Waals surface area contributed by atoms with Crippen LogP contribution in [-0.2, 0) is 10.0 Å². The average molecular weight is 308 g/mol. The molecule has 1 aromatic rings. The zero-order chi connectivity index (χ0) is 15.5. The molecule has 1 heterocycles. The highest BCUT2D eigenvalue weighted by atomic mass is 32.2. The van der Waals surface area contributed by atoms with Gasteiger partial charge in [-0.25, -0.2) is 8.42 Å². The van der Waals surface area contributed by atoms with Crippen molar-refractivity contribution < 1.29 is 13.5 Å². The van der Waals surface area contributed by atoms with Gasteiger partial charge in [0.2, 0.25) is 10.0 Å². The molecular weight excluding hydrogens is 288 g/mol. The van der Waals surface area contributed by atoms with Crippen LogP contribution in [0.3, 0.4) is 0 Å². The van der Waals surface area contributed by atoms with Crippen LogP contribution in [0.25, 0.3) is 0 Å². The minimum Gasteiger partial charge on any atom is -0.396 e. The van der Waals surface area contributed by atoms with E-state index in [9.17, 15) is 13.5 Å². The second-order valence-electron chi connectivity index (χ2n) is 5.52. The number of sulfonamides is 1. The molecule has 0 aromatic heterocycles. The van der Waals surface area contributed by atoms with Crippen molar-refractivity contribution in [2.24, 2.45) is 5.41 Å². The van der Waals surface area contributed by atoms with Crippen molar-refractivity contribution in [1.82, 2.24) is 4.31 Å². The zero-order valence-corrected chi connectivity index (χ0v) is 12.9. The lowest BCUT2D eigenvalue weighted by atomic mass is 9.77. The van der Waals surface area contributed by atoms with Gasteiger partial charge in [0.05, 0.1) is 10.5 Å². The second-order valence-corrected chi connectivity index (χ2v) is 7.43. The molecule has 1 fully saturated rings. The first kappa shape index (κ1) is 16.0. The molecule has 1 saturated heterocycles. The third-order valence-electron chi connectivity index (χ3n) is 4.49. The van der Waals surface area contributed by atoms with Crippen LogP contribution in [0.5, 0.6) is 0 Å². The van der Waals surface area contributed by atoms with E-state index in [1.807, 2.05) is 13.0 Å². The molecule has 114 valence electrons. The van der Waals surface area contributed by atoms with Crippen molar-refractivity contribution in [3.05, 3.63) is 29.8 Å². The summed E-state index contributed by atoms with van der Waals surface area (Å²) in [6, 6.07) is 8.20. The lowest BCUT2D eigenvalue weighted by Gasteiger charge is -2.39. The highest BCUT2D eigenvalue weighted by Gasteiger charge is 2.37. The van der Waals surface area contributed by atoms with Crippen molar-refractivity contribution in [2.45, 2.75) is 31.1 Å². The van der Waals surface area contributed by atoms with Gasteiger partial charge < -0.3 is 5.11 Å². The number of rotatable bonds is 4. The SMILES string of the molecule is CCC1(CO)CCN(S(=O)(=O)c2ccccc2C#N)CC1. The van der Waals surface area contributed by atoms with Gasteiger partial charge in [0.1, 0.15) is 6.07 Å². The maximum absolute atomic E-state index is 12.7. The highest BCUT2D eigenvalue weighted by Crippen LogP contribution is 2.36. The van der Waals surface area contributed by atoms with E-state index in [0.29, 0.717) is 25.9 Å². The predicted octanol–water partition coefficient (Wildman–Crippen LogP) is 1.73. The number of aliphatic hydroxyl groups is 1. The van der Waals surface area contributed by atoms with Crippen molar-refractivity contribution in [3.63, 3.8) is 0 Å². The monoisotopic (exact) mass is 308 g/mol. The van der Waals surface area contributed by atoms with E-state index >= 15 is 0 Å². The first-order valence-corrected chi connectivity index (χ1v) is 8.53. The quantitative estimate of drug-likeness (QED) is 0.918. The molecule has 0 unspecified atom stereocenters. The van der Waals surface area contributed by atoms with Gasteiger partial charge in [-0.3, -0.25) is 0 Å². The molecule has 1 aromatic carbocycles. The Morgan fingerprint density at radius 3 is 2.48 bits per heavy atom. The van der Waals surface area contributed by atoms with E-state index in [1.54, 1.807) is 12.1 Å². The van der Waals surface area contributed by atoms with Crippen LogP contribution in [0, 0.1) is 16.7 Å². The molecule has 1 aliphatic heterocycles. The lowest BCUT2D eigenvalue weighted by Crippen LogP contribution is -2.44. The predicted molar refractivity (Wildman–Crippen MR) is 79.0 cm³/mol. The molecule has 2 rings (SSSR count). The second kappa shape index (κ2) is 6.14. The topological polar surface area (TPSA) is 81.4 Å². The number of benzene rings is 1. The molecule has 0 atom stereocenters. The standard InChI is InChI=1S/C15H20N2O3S/c1-2-15(12-18)7-9-17(10-8-15)21(19,20)14-6-4-3-5-13(14)11-16/h3-6,18H,2,7-10,12H2,1H3. The Morgan fingerprint density at radius 1 is 1.33 bits per heavy atom. The number of nitriles is 1. The number of aliphatic hydroxyl groups excluding tert-OH is 1. The molecule has 0 radical (unpaired) electrons. The molecule has 0 bridgehead atoms. The van der Waals surface area contributed by atoms with Gasteiger partial charge in [-0.1, -0.05) is 19.1 Å². The van der Waals surface area contributed by atoms with Crippen LogP contribution in [0.1, 0.15) is 31.7 Å². The minimum absolute atomic E-state index is 0.0699. The van der Waals surface area contributed by atoms with Gasteiger partial charge in [0.25, 0.3) is 0 Å². The summed E-state index contributed by atoms with van der Waals surface area (Å²) in [5, 5.41) is 18.6. The lowest BCUT2D eigenvalue weighted by molar-refractivity contribution is 0.0647. The van der Waals surface area contributed by atoms with E-state index in [4.69, 9.17) is 5.26 Å². The molecule has 21 heavy (non-hydrogen) atoms. The third kappa shape index (κ3) is 2.95. The largest absolute Gasteiger partial charge is 0.396 e. The van der Waals surface area contributed by atoms with E-state index < -0.39 is 10.0 Å². The van der Waals surface area contributed by atoms with E-state index in [2.05, 4.69) is 0 Å². The Bertz CT molecular complexity index is 635. The number of hydrogen-bond donors (Lipinski definition) is 1. The molecule has 0 spiro atoms. The minimum atomic E-state index is -3.64. The Balaban J connectivity index is 2.25. The summed E-state index contributed by atoms with van der Waals surface area (Å²) < 4.78 is 26.8. The van der Waals surface area contributed by atoms with Crippen LogP contribution in [-0.4, -0.2) is 37.5 Å². The van der Waals surface area contributed by atoms with Crippen LogP contribution < -0.4 is 0 Å². The Labute approximate surface area is 125 Å². The Morgan fingerprint density at radius 2 is 1.95 bits per heavy atom. The van der Waals surface area contributed by atoms with E-state index in [-0.39, 0.29) is 22.5 Å². The van der Waals surface area contributed by atoms with Gasteiger partial charge in [-0.15, -0.1) is 0 Å². The molecular formula is C15H20N2O3S. The van der Waals surface area contributed by atoms with Crippen molar-refractivity contribution in [2.75, 3.05) is 19.7 Å². The fourth-order valence-corrected chi connectivity index (χ4v) is 4.33. The molecule has 0 saturated carbocycles. The number of hydrogen-bond acceptors (Lipinski definition) is 4. The zero-order valence-electron chi connectivity index (χ0n) is 12.1. The maximum atomic E-state index is 12.7. The fraction of sp³-hybridized carbons (Fsp3) is 0.533. The van der Waals surface area contributed by atoms with Crippen LogP contribution in [0.2, 0.25) is 0 Å². The Hall–Kier alpha value is -1.42. The van der Waals surface area contributed by atoms with Gasteiger partial charge in [-0.05, 0) is 36.8 Å². The summed E-state index contributed by atoms with van der Waals surface area (Å²) in [6.07, 6.45) is 2.13. The van der Waals surface area contributed by atoms with Gasteiger partial charge in [0.15, 0.2) is 0 Å². The average Bonchev–Trinajstić information content (AvgIpc) is 2.54. The molecule has 5 nitrogen and oxygen atoms in total. The smallest absolute Gasteiger partial charge is 0.244 e. The number of piperidine rings is 1. The third-order valence-corrected chi connectivity index (χ3v) is 6.45. The van der Waals surface area contributed by atoms with Gasteiger partial charge in [0, 0.05) is 19.7 Å². The summed E-state index contributed by atoms with van der Waals surface area (Å²) >= 11 is 0. The van der Waals surface area contributed by atoms with Crippen LogP contribution in [0.15, 0.2) is 29.2 Å². The normalized spacial score (nSPS) is 19.1. The summed E-state index contributed by atoms with van der Waals surface area (Å²) in [7, 11) is -3.64. The van der Waals surface area contributed by atoms with Gasteiger partial charge in [-0.2, -0.15) is 9.57 Å². The highest BCUT2D eigenvalue weighted by molar-refractivity contribution is 7.89. The van der Waals surface area contributed by atoms with Crippen molar-refractivity contribution >= 4 is 10.0 Å². The fourth-order valence-electron chi connectivity index (χ4n) is 2.75. The number of nitrogens with zero attached hydrogens (tertiary/aromatic N) is 2. The maximum Gasteiger partial charge on any atom is 0.244 e. The molecule has 6 heteroatoms. The molecule has 1 aliphatic rings. The van der Waals surface area contributed by atoms with Crippen molar-refractivity contribution in [3.8, 4) is 6.07 Å². The molecule has 0 aliphatic carbocycles. The van der Waals surface area contributed by atoms with E-state index in [0.717, 1.165) is 6.42 Å². The summed E-state index contributed by atoms with van der Waals surface area (Å²) in [4.78, 5) is 0.0699. The first-order valence-electron chi connectivity index (χ1n) is 7.09. The molecule has 0 amide bonds. The summed E-state index contributed by atoms with van der Waals surface area (Å²) in [5.41, 5.74) is 0.00723. The van der Waals surface area contributed by atoms with Crippen LogP contribution in [0.4, 0.5) is 0 Å². The summed E-state index contributed by atoms with van der Waals surface area (Å²) in [5.74, 6) is 0. The van der Waals surface area contributed by atoms with E-state index in [1.165, 1.54) is 16.4 Å².